The molecule has 0 radical (unpaired) electrons. The van der Waals surface area contributed by atoms with E-state index in [4.69, 9.17) is 10.2 Å². The molecule has 0 spiro atoms. The predicted octanol–water partition coefficient (Wildman–Crippen LogP) is 2.13. The Labute approximate surface area is 120 Å². The highest BCUT2D eigenvalue weighted by Gasteiger charge is 2.21. The smallest absolute Gasteiger partial charge is 0.282 e. The minimum absolute atomic E-state index is 0.0497. The Balaban J connectivity index is 2.12. The third-order valence-electron chi connectivity index (χ3n) is 2.93. The largest absolute Gasteiger partial charge is 0.469 e. The number of carbonyl (C=O) groups excluding carboxylic acids is 1. The number of carbonyl (C=O) groups is 1. The van der Waals surface area contributed by atoms with E-state index >= 15 is 0 Å². The van der Waals surface area contributed by atoms with Crippen LogP contribution in [0.2, 0.25) is 0 Å². The predicted molar refractivity (Wildman–Crippen MR) is 76.8 cm³/mol. The van der Waals surface area contributed by atoms with Crippen LogP contribution in [0.15, 0.2) is 41.0 Å². The van der Waals surface area contributed by atoms with Gasteiger partial charge in [-0.15, -0.1) is 0 Å². The number of nitrogens with one attached hydrogen (secondary N) is 1. The van der Waals surface area contributed by atoms with E-state index in [1.807, 2.05) is 0 Å². The second kappa shape index (κ2) is 6.08. The fraction of sp³-hybridized carbons (Fsp3) is 0.214. The molecule has 0 saturated carbocycles. The van der Waals surface area contributed by atoms with Gasteiger partial charge in [0.05, 0.1) is 11.2 Å². The first-order chi connectivity index (χ1) is 9.97. The summed E-state index contributed by atoms with van der Waals surface area (Å²) in [5.74, 6) is 0.193. The van der Waals surface area contributed by atoms with Crippen LogP contribution in [0.4, 0.5) is 11.4 Å². The molecule has 1 heterocycles. The van der Waals surface area contributed by atoms with Crippen molar-refractivity contribution in [1.29, 1.82) is 0 Å². The van der Waals surface area contributed by atoms with Crippen molar-refractivity contribution in [2.75, 3.05) is 5.73 Å². The van der Waals surface area contributed by atoms with Crippen molar-refractivity contribution < 1.29 is 14.1 Å². The zero-order valence-electron chi connectivity index (χ0n) is 11.4. The highest BCUT2D eigenvalue weighted by Crippen LogP contribution is 2.21. The lowest BCUT2D eigenvalue weighted by molar-refractivity contribution is -0.385. The first kappa shape index (κ1) is 14.6. The molecule has 2 rings (SSSR count). The van der Waals surface area contributed by atoms with E-state index in [2.05, 4.69) is 5.32 Å². The summed E-state index contributed by atoms with van der Waals surface area (Å²) >= 11 is 0. The lowest BCUT2D eigenvalue weighted by Gasteiger charge is -2.13. The van der Waals surface area contributed by atoms with E-state index < -0.39 is 10.8 Å². The van der Waals surface area contributed by atoms with Gasteiger partial charge in [0, 0.05) is 24.2 Å². The van der Waals surface area contributed by atoms with Crippen LogP contribution < -0.4 is 11.1 Å². The minimum Gasteiger partial charge on any atom is -0.469 e. The van der Waals surface area contributed by atoms with Crippen molar-refractivity contribution in [3.8, 4) is 0 Å². The molecule has 110 valence electrons. The molecule has 1 unspecified atom stereocenters. The van der Waals surface area contributed by atoms with Gasteiger partial charge in [-0.25, -0.2) is 0 Å². The maximum atomic E-state index is 12.2. The molecule has 3 N–H and O–H groups in total. The molecular weight excluding hydrogens is 274 g/mol. The van der Waals surface area contributed by atoms with Crippen molar-refractivity contribution in [1.82, 2.24) is 5.32 Å². The van der Waals surface area contributed by atoms with Gasteiger partial charge in [-0.3, -0.25) is 14.9 Å². The molecule has 0 aliphatic rings. The van der Waals surface area contributed by atoms with E-state index in [1.165, 1.54) is 18.2 Å². The molecule has 2 aromatic rings. The molecule has 0 aliphatic carbocycles. The van der Waals surface area contributed by atoms with Gasteiger partial charge in [0.2, 0.25) is 0 Å². The Bertz CT molecular complexity index is 652. The first-order valence-electron chi connectivity index (χ1n) is 6.34. The molecule has 7 heteroatoms. The van der Waals surface area contributed by atoms with Crippen LogP contribution >= 0.6 is 0 Å². The van der Waals surface area contributed by atoms with Crippen molar-refractivity contribution in [3.05, 3.63) is 58.0 Å². The summed E-state index contributed by atoms with van der Waals surface area (Å²) in [6, 6.07) is 7.23. The number of nitrogen functional groups attached to an aromatic ring is 1. The molecule has 1 aromatic carbocycles. The molecule has 21 heavy (non-hydrogen) atoms. The molecule has 1 aromatic heterocycles. The molecular formula is C14H15N3O4. The molecule has 0 fully saturated rings. The summed E-state index contributed by atoms with van der Waals surface area (Å²) in [7, 11) is 0. The Kier molecular flexibility index (Phi) is 4.22. The van der Waals surface area contributed by atoms with Crippen LogP contribution in [0, 0.1) is 10.1 Å². The minimum atomic E-state index is -0.606. The number of nitrogens with two attached hydrogens (primary N) is 1. The Hall–Kier alpha value is -2.83. The SMILES string of the molecule is CC(Cc1ccco1)NC(=O)c1cc(N)ccc1[N+](=O)[O-]. The highest BCUT2D eigenvalue weighted by atomic mass is 16.6. The standard InChI is InChI=1S/C14H15N3O4/c1-9(7-11-3-2-6-21-11)16-14(18)12-8-10(15)4-5-13(12)17(19)20/h2-6,8-9H,7,15H2,1H3,(H,16,18). The van der Waals surface area contributed by atoms with Crippen LogP contribution in [0.5, 0.6) is 0 Å². The van der Waals surface area contributed by atoms with Gasteiger partial charge in [-0.2, -0.15) is 0 Å². The average molecular weight is 289 g/mol. The van der Waals surface area contributed by atoms with Crippen LogP contribution in [0.1, 0.15) is 23.0 Å². The topological polar surface area (TPSA) is 111 Å². The zero-order valence-corrected chi connectivity index (χ0v) is 11.4. The van der Waals surface area contributed by atoms with Gasteiger partial charge in [0.1, 0.15) is 11.3 Å². The fourth-order valence-electron chi connectivity index (χ4n) is 1.98. The number of amides is 1. The van der Waals surface area contributed by atoms with Crippen molar-refractivity contribution in [2.45, 2.75) is 19.4 Å². The monoisotopic (exact) mass is 289 g/mol. The number of rotatable bonds is 5. The second-order valence-electron chi connectivity index (χ2n) is 4.69. The van der Waals surface area contributed by atoms with Crippen LogP contribution in [-0.4, -0.2) is 16.9 Å². The number of nitro groups is 1. The Morgan fingerprint density at radius 1 is 1.48 bits per heavy atom. The summed E-state index contributed by atoms with van der Waals surface area (Å²) in [6.07, 6.45) is 2.04. The van der Waals surface area contributed by atoms with E-state index in [1.54, 1.807) is 25.3 Å². The number of benzene rings is 1. The molecule has 0 aliphatic heterocycles. The maximum Gasteiger partial charge on any atom is 0.282 e. The third-order valence-corrected chi connectivity index (χ3v) is 2.93. The number of nitrogens with zero attached hydrogens (tertiary/aromatic N) is 1. The van der Waals surface area contributed by atoms with Gasteiger partial charge >= 0.3 is 0 Å². The quantitative estimate of drug-likeness (QED) is 0.497. The van der Waals surface area contributed by atoms with Gasteiger partial charge in [0.25, 0.3) is 11.6 Å². The van der Waals surface area contributed by atoms with Crippen LogP contribution in [0.25, 0.3) is 0 Å². The lowest BCUT2D eigenvalue weighted by Crippen LogP contribution is -2.34. The third kappa shape index (κ3) is 3.59. The average Bonchev–Trinajstić information content (AvgIpc) is 2.90. The Morgan fingerprint density at radius 2 is 2.24 bits per heavy atom. The van der Waals surface area contributed by atoms with Gasteiger partial charge < -0.3 is 15.5 Å². The summed E-state index contributed by atoms with van der Waals surface area (Å²) < 4.78 is 5.19. The second-order valence-corrected chi connectivity index (χ2v) is 4.69. The molecule has 7 nitrogen and oxygen atoms in total. The van der Waals surface area contributed by atoms with Gasteiger partial charge in [0.15, 0.2) is 0 Å². The number of hydrogen-bond donors (Lipinski definition) is 2. The number of hydrogen-bond acceptors (Lipinski definition) is 5. The lowest BCUT2D eigenvalue weighted by atomic mass is 10.1. The van der Waals surface area contributed by atoms with E-state index in [9.17, 15) is 14.9 Å². The molecule has 0 bridgehead atoms. The van der Waals surface area contributed by atoms with Crippen LogP contribution in [-0.2, 0) is 6.42 Å². The van der Waals surface area contributed by atoms with Crippen molar-refractivity contribution >= 4 is 17.3 Å². The summed E-state index contributed by atoms with van der Waals surface area (Å²) in [5, 5.41) is 13.6. The molecule has 1 amide bonds. The van der Waals surface area contributed by atoms with E-state index in [0.717, 1.165) is 5.76 Å². The van der Waals surface area contributed by atoms with Crippen molar-refractivity contribution in [2.24, 2.45) is 0 Å². The normalized spacial score (nSPS) is 11.9. The summed E-state index contributed by atoms with van der Waals surface area (Å²) in [5.41, 5.74) is 5.56. The van der Waals surface area contributed by atoms with Crippen LogP contribution in [0.3, 0.4) is 0 Å². The fourth-order valence-corrected chi connectivity index (χ4v) is 1.98. The Morgan fingerprint density at radius 3 is 2.86 bits per heavy atom. The number of anilines is 1. The van der Waals surface area contributed by atoms with Gasteiger partial charge in [-0.1, -0.05) is 0 Å². The number of nitro benzene ring substituents is 1. The number of furan rings is 1. The highest BCUT2D eigenvalue weighted by molar-refractivity contribution is 5.99. The zero-order chi connectivity index (χ0) is 15.4. The van der Waals surface area contributed by atoms with E-state index in [0.29, 0.717) is 12.1 Å². The molecule has 1 atom stereocenters. The first-order valence-corrected chi connectivity index (χ1v) is 6.34. The summed E-state index contributed by atoms with van der Waals surface area (Å²) in [4.78, 5) is 22.5. The maximum absolute atomic E-state index is 12.2. The summed E-state index contributed by atoms with van der Waals surface area (Å²) in [6.45, 7) is 1.79. The van der Waals surface area contributed by atoms with Gasteiger partial charge in [-0.05, 0) is 31.2 Å². The molecule has 0 saturated heterocycles. The van der Waals surface area contributed by atoms with E-state index in [-0.39, 0.29) is 17.3 Å². The van der Waals surface area contributed by atoms with Crippen molar-refractivity contribution in [3.63, 3.8) is 0 Å².